The van der Waals surface area contributed by atoms with E-state index in [1.807, 2.05) is 0 Å². The molecule has 0 atom stereocenters. The molecule has 15 heavy (non-hydrogen) atoms. The van der Waals surface area contributed by atoms with Crippen LogP contribution in [0.15, 0.2) is 0 Å². The van der Waals surface area contributed by atoms with Crippen LogP contribution in [-0.2, 0) is 0 Å². The average molecular weight is 214 g/mol. The Kier molecular flexibility index (Phi) is 5.03. The van der Waals surface area contributed by atoms with Gasteiger partial charge < -0.3 is 10.0 Å². The van der Waals surface area contributed by atoms with Crippen LogP contribution in [0.2, 0.25) is 0 Å². The van der Waals surface area contributed by atoms with Gasteiger partial charge in [0, 0.05) is 19.6 Å². The van der Waals surface area contributed by atoms with Gasteiger partial charge in [-0.3, -0.25) is 4.90 Å². The van der Waals surface area contributed by atoms with Crippen molar-refractivity contribution in [3.8, 4) is 0 Å². The minimum Gasteiger partial charge on any atom is -0.389 e. The molecule has 1 saturated heterocycles. The molecule has 1 aliphatic heterocycles. The number of hydrogen-bond donors (Lipinski definition) is 1. The molecule has 0 saturated carbocycles. The van der Waals surface area contributed by atoms with Crippen LogP contribution in [0.3, 0.4) is 0 Å². The highest BCUT2D eigenvalue weighted by Crippen LogP contribution is 2.17. The van der Waals surface area contributed by atoms with Gasteiger partial charge in [0.15, 0.2) is 0 Å². The molecule has 1 N–H and O–H groups in total. The number of aliphatic hydroxyl groups is 1. The van der Waals surface area contributed by atoms with Crippen LogP contribution in [0.25, 0.3) is 0 Å². The minimum atomic E-state index is -0.469. The lowest BCUT2D eigenvalue weighted by atomic mass is 9.97. The third-order valence-electron chi connectivity index (χ3n) is 3.65. The van der Waals surface area contributed by atoms with Crippen LogP contribution in [0.4, 0.5) is 0 Å². The zero-order valence-electron chi connectivity index (χ0n) is 10.5. The average Bonchev–Trinajstić information content (AvgIpc) is 2.44. The van der Waals surface area contributed by atoms with E-state index >= 15 is 0 Å². The summed E-state index contributed by atoms with van der Waals surface area (Å²) in [6, 6.07) is 0. The monoisotopic (exact) mass is 214 g/mol. The van der Waals surface area contributed by atoms with Crippen molar-refractivity contribution in [2.45, 2.75) is 38.7 Å². The van der Waals surface area contributed by atoms with Gasteiger partial charge in [-0.05, 0) is 39.4 Å². The Labute approximate surface area is 94.1 Å². The molecule has 1 aliphatic rings. The van der Waals surface area contributed by atoms with Crippen LogP contribution in [0, 0.1) is 0 Å². The van der Waals surface area contributed by atoms with Crippen molar-refractivity contribution in [3.63, 3.8) is 0 Å². The second-order valence-electron chi connectivity index (χ2n) is 4.86. The van der Waals surface area contributed by atoms with Gasteiger partial charge in [0.05, 0.1) is 5.60 Å². The lowest BCUT2D eigenvalue weighted by Crippen LogP contribution is -2.43. The maximum absolute atomic E-state index is 10.3. The summed E-state index contributed by atoms with van der Waals surface area (Å²) in [6.07, 6.45) is 2.94. The highest BCUT2D eigenvalue weighted by molar-refractivity contribution is 4.81. The van der Waals surface area contributed by atoms with Gasteiger partial charge in [-0.2, -0.15) is 0 Å². The van der Waals surface area contributed by atoms with Crippen molar-refractivity contribution in [3.05, 3.63) is 0 Å². The summed E-state index contributed by atoms with van der Waals surface area (Å²) < 4.78 is 0. The van der Waals surface area contributed by atoms with Gasteiger partial charge in [0.25, 0.3) is 0 Å². The molecule has 3 nitrogen and oxygen atoms in total. The largest absolute Gasteiger partial charge is 0.389 e. The molecule has 0 aromatic carbocycles. The summed E-state index contributed by atoms with van der Waals surface area (Å²) in [5.41, 5.74) is -0.469. The summed E-state index contributed by atoms with van der Waals surface area (Å²) in [5.74, 6) is 0. The molecule has 1 heterocycles. The fourth-order valence-corrected chi connectivity index (χ4v) is 2.15. The van der Waals surface area contributed by atoms with E-state index in [1.165, 1.54) is 13.0 Å². The van der Waals surface area contributed by atoms with E-state index in [-0.39, 0.29) is 0 Å². The number of likely N-dealkylation sites (N-methyl/N-ethyl adjacent to an activating group) is 1. The molecule has 0 aromatic rings. The van der Waals surface area contributed by atoms with Crippen LogP contribution in [-0.4, -0.2) is 60.3 Å². The first-order valence-corrected chi connectivity index (χ1v) is 6.23. The molecule has 0 radical (unpaired) electrons. The standard InChI is InChI=1S/C12H26N2O/c1-4-12(15,5-2)11-14-8-6-7-13(3)9-10-14/h15H,4-11H2,1-3H3. The summed E-state index contributed by atoms with van der Waals surface area (Å²) in [7, 11) is 2.18. The summed E-state index contributed by atoms with van der Waals surface area (Å²) in [6.45, 7) is 9.54. The Hall–Kier alpha value is -0.120. The number of rotatable bonds is 4. The van der Waals surface area contributed by atoms with Gasteiger partial charge in [0.1, 0.15) is 0 Å². The van der Waals surface area contributed by atoms with Crippen molar-refractivity contribution in [1.82, 2.24) is 9.80 Å². The summed E-state index contributed by atoms with van der Waals surface area (Å²) in [5, 5.41) is 10.3. The van der Waals surface area contributed by atoms with E-state index in [1.54, 1.807) is 0 Å². The first kappa shape index (κ1) is 12.9. The molecule has 0 bridgehead atoms. The van der Waals surface area contributed by atoms with Crippen LogP contribution < -0.4 is 0 Å². The molecule has 0 aromatic heterocycles. The summed E-state index contributed by atoms with van der Waals surface area (Å²) >= 11 is 0. The van der Waals surface area contributed by atoms with Crippen LogP contribution >= 0.6 is 0 Å². The van der Waals surface area contributed by atoms with Crippen molar-refractivity contribution >= 4 is 0 Å². The Balaban J connectivity index is 2.43. The van der Waals surface area contributed by atoms with Gasteiger partial charge in [-0.25, -0.2) is 0 Å². The number of nitrogens with zero attached hydrogens (tertiary/aromatic N) is 2. The van der Waals surface area contributed by atoms with Gasteiger partial charge >= 0.3 is 0 Å². The highest BCUT2D eigenvalue weighted by Gasteiger charge is 2.26. The fourth-order valence-electron chi connectivity index (χ4n) is 2.15. The van der Waals surface area contributed by atoms with E-state index in [4.69, 9.17) is 0 Å². The summed E-state index contributed by atoms with van der Waals surface area (Å²) in [4.78, 5) is 4.79. The van der Waals surface area contributed by atoms with E-state index in [2.05, 4.69) is 30.7 Å². The minimum absolute atomic E-state index is 0.469. The SMILES string of the molecule is CCC(O)(CC)CN1CCCN(C)CC1. The molecular weight excluding hydrogens is 188 g/mol. The second-order valence-corrected chi connectivity index (χ2v) is 4.86. The predicted molar refractivity (Wildman–Crippen MR) is 64.1 cm³/mol. The maximum Gasteiger partial charge on any atom is 0.0768 e. The predicted octanol–water partition coefficient (Wildman–Crippen LogP) is 1.18. The topological polar surface area (TPSA) is 26.7 Å². The third kappa shape index (κ3) is 4.09. The van der Waals surface area contributed by atoms with Gasteiger partial charge in [-0.1, -0.05) is 13.8 Å². The smallest absolute Gasteiger partial charge is 0.0768 e. The van der Waals surface area contributed by atoms with E-state index in [9.17, 15) is 5.11 Å². The Morgan fingerprint density at radius 2 is 1.73 bits per heavy atom. The first-order valence-electron chi connectivity index (χ1n) is 6.23. The van der Waals surface area contributed by atoms with E-state index < -0.39 is 5.60 Å². The van der Waals surface area contributed by atoms with Gasteiger partial charge in [0.2, 0.25) is 0 Å². The van der Waals surface area contributed by atoms with Crippen molar-refractivity contribution in [2.75, 3.05) is 39.8 Å². The van der Waals surface area contributed by atoms with E-state index in [0.29, 0.717) is 0 Å². The molecule has 90 valence electrons. The molecule has 0 aliphatic carbocycles. The zero-order chi connectivity index (χ0) is 11.3. The Bertz CT molecular complexity index is 180. The highest BCUT2D eigenvalue weighted by atomic mass is 16.3. The fraction of sp³-hybridized carbons (Fsp3) is 1.00. The van der Waals surface area contributed by atoms with Crippen molar-refractivity contribution in [1.29, 1.82) is 0 Å². The van der Waals surface area contributed by atoms with Crippen LogP contribution in [0.5, 0.6) is 0 Å². The van der Waals surface area contributed by atoms with Crippen molar-refractivity contribution < 1.29 is 5.11 Å². The molecule has 3 heteroatoms. The lowest BCUT2D eigenvalue weighted by Gasteiger charge is -2.32. The number of hydrogen-bond acceptors (Lipinski definition) is 3. The maximum atomic E-state index is 10.3. The zero-order valence-corrected chi connectivity index (χ0v) is 10.5. The third-order valence-corrected chi connectivity index (χ3v) is 3.65. The molecule has 0 spiro atoms. The first-order chi connectivity index (χ1) is 7.09. The Morgan fingerprint density at radius 1 is 1.07 bits per heavy atom. The Morgan fingerprint density at radius 3 is 2.33 bits per heavy atom. The molecule has 1 fully saturated rings. The van der Waals surface area contributed by atoms with Gasteiger partial charge in [-0.15, -0.1) is 0 Å². The normalized spacial score (nSPS) is 21.6. The van der Waals surface area contributed by atoms with E-state index in [0.717, 1.165) is 39.0 Å². The van der Waals surface area contributed by atoms with Crippen molar-refractivity contribution in [2.24, 2.45) is 0 Å². The van der Waals surface area contributed by atoms with Crippen LogP contribution in [0.1, 0.15) is 33.1 Å². The molecule has 1 rings (SSSR count). The molecule has 0 unspecified atom stereocenters. The molecule has 0 amide bonds. The molecular formula is C12H26N2O. The lowest BCUT2D eigenvalue weighted by molar-refractivity contribution is -0.00223. The number of β-amino-alcohol motifs (C(OH)–C–C–N with tert-alkyl or cyclic N) is 1. The quantitative estimate of drug-likeness (QED) is 0.761. The second kappa shape index (κ2) is 5.83.